The predicted molar refractivity (Wildman–Crippen MR) is 91.7 cm³/mol. The molecule has 1 saturated carbocycles. The van der Waals surface area contributed by atoms with E-state index in [1.807, 2.05) is 0 Å². The van der Waals surface area contributed by atoms with E-state index in [-0.39, 0.29) is 0 Å². The fraction of sp³-hybridized carbons (Fsp3) is 0.684. The van der Waals surface area contributed by atoms with Crippen molar-refractivity contribution in [2.24, 2.45) is 5.73 Å². The maximum Gasteiger partial charge on any atom is 0.0473 e. The molecule has 0 heterocycles. The fourth-order valence-electron chi connectivity index (χ4n) is 3.77. The number of hydrogen-bond donors (Lipinski definition) is 1. The lowest BCUT2D eigenvalue weighted by atomic mass is 9.93. The molecule has 21 heavy (non-hydrogen) atoms. The molecule has 0 saturated heterocycles. The first-order valence-electron chi connectivity index (χ1n) is 8.54. The molecule has 0 spiro atoms. The van der Waals surface area contributed by atoms with E-state index in [1.54, 1.807) is 0 Å². The summed E-state index contributed by atoms with van der Waals surface area (Å²) in [6.45, 7) is 7.33. The van der Waals surface area contributed by atoms with Crippen molar-refractivity contribution in [3.05, 3.63) is 34.4 Å². The van der Waals surface area contributed by atoms with E-state index in [0.29, 0.717) is 18.6 Å². The lowest BCUT2D eigenvalue weighted by Crippen LogP contribution is -2.38. The molecule has 0 radical (unpaired) electrons. The van der Waals surface area contributed by atoms with E-state index in [0.717, 1.165) is 0 Å². The minimum atomic E-state index is 0.354. The Labute approximate surface area is 130 Å². The molecule has 2 N–H and O–H groups in total. The maximum atomic E-state index is 6.17. The zero-order valence-corrected chi connectivity index (χ0v) is 14.3. The minimum Gasteiger partial charge on any atom is -0.329 e. The average Bonchev–Trinajstić information content (AvgIpc) is 2.74. The summed E-state index contributed by atoms with van der Waals surface area (Å²) in [7, 11) is 2.28. The summed E-state index contributed by atoms with van der Waals surface area (Å²) in [6, 6.07) is 5.72. The highest BCUT2D eigenvalue weighted by Gasteiger charge is 2.25. The molecule has 0 aliphatic heterocycles. The average molecular weight is 288 g/mol. The number of benzene rings is 1. The van der Waals surface area contributed by atoms with Gasteiger partial charge < -0.3 is 5.73 Å². The Kier molecular flexibility index (Phi) is 5.83. The molecule has 1 aliphatic carbocycles. The van der Waals surface area contributed by atoms with Gasteiger partial charge in [0.05, 0.1) is 0 Å². The first-order valence-corrected chi connectivity index (χ1v) is 8.54. The van der Waals surface area contributed by atoms with Crippen LogP contribution in [0.4, 0.5) is 0 Å². The topological polar surface area (TPSA) is 29.3 Å². The molecule has 1 atom stereocenters. The highest BCUT2D eigenvalue weighted by atomic mass is 15.2. The van der Waals surface area contributed by atoms with Crippen LogP contribution in [0.25, 0.3) is 0 Å². The molecule has 2 heteroatoms. The zero-order valence-electron chi connectivity index (χ0n) is 14.3. The standard InChI is InChI=1S/C19H32N2/c1-14-11-16(3)18(12-15(14)2)19(13-20)21(4)17-9-7-5-6-8-10-17/h11-12,17,19H,5-10,13,20H2,1-4H3. The predicted octanol–water partition coefficient (Wildman–Crippen LogP) is 4.27. The van der Waals surface area contributed by atoms with Gasteiger partial charge in [0.25, 0.3) is 0 Å². The van der Waals surface area contributed by atoms with Crippen LogP contribution in [0.1, 0.15) is 66.8 Å². The molecule has 1 unspecified atom stereocenters. The molecule has 0 aromatic heterocycles. The molecule has 1 aromatic rings. The Hall–Kier alpha value is -0.860. The van der Waals surface area contributed by atoms with Crippen LogP contribution < -0.4 is 5.73 Å². The van der Waals surface area contributed by atoms with E-state index in [2.05, 4.69) is 44.9 Å². The van der Waals surface area contributed by atoms with Crippen molar-refractivity contribution in [2.45, 2.75) is 71.4 Å². The zero-order chi connectivity index (χ0) is 15.4. The summed E-state index contributed by atoms with van der Waals surface area (Å²) in [6.07, 6.45) is 8.21. The van der Waals surface area contributed by atoms with Crippen LogP contribution in [0.3, 0.4) is 0 Å². The van der Waals surface area contributed by atoms with E-state index in [1.165, 1.54) is 60.8 Å². The molecule has 0 bridgehead atoms. The van der Waals surface area contributed by atoms with Crippen molar-refractivity contribution in [3.8, 4) is 0 Å². The van der Waals surface area contributed by atoms with Crippen LogP contribution >= 0.6 is 0 Å². The van der Waals surface area contributed by atoms with Gasteiger partial charge in [0.15, 0.2) is 0 Å². The third kappa shape index (κ3) is 3.87. The summed E-state index contributed by atoms with van der Waals surface area (Å²) in [5.74, 6) is 0. The van der Waals surface area contributed by atoms with Gasteiger partial charge in [-0.05, 0) is 62.9 Å². The quantitative estimate of drug-likeness (QED) is 0.839. The Morgan fingerprint density at radius 1 is 1.00 bits per heavy atom. The van der Waals surface area contributed by atoms with Crippen LogP contribution in [0.2, 0.25) is 0 Å². The van der Waals surface area contributed by atoms with Crippen molar-refractivity contribution >= 4 is 0 Å². The van der Waals surface area contributed by atoms with Gasteiger partial charge in [-0.15, -0.1) is 0 Å². The van der Waals surface area contributed by atoms with Crippen molar-refractivity contribution in [2.75, 3.05) is 13.6 Å². The summed E-state index contributed by atoms with van der Waals surface area (Å²) in [5.41, 5.74) is 11.7. The van der Waals surface area contributed by atoms with Gasteiger partial charge in [0.1, 0.15) is 0 Å². The summed E-state index contributed by atoms with van der Waals surface area (Å²) < 4.78 is 0. The smallest absolute Gasteiger partial charge is 0.0473 e. The minimum absolute atomic E-state index is 0.354. The lowest BCUT2D eigenvalue weighted by Gasteiger charge is -2.35. The number of nitrogens with zero attached hydrogens (tertiary/aromatic N) is 1. The van der Waals surface area contributed by atoms with Crippen molar-refractivity contribution < 1.29 is 0 Å². The largest absolute Gasteiger partial charge is 0.329 e. The van der Waals surface area contributed by atoms with Crippen molar-refractivity contribution in [1.82, 2.24) is 4.90 Å². The summed E-state index contributed by atoms with van der Waals surface area (Å²) in [4.78, 5) is 2.56. The van der Waals surface area contributed by atoms with Gasteiger partial charge in [-0.2, -0.15) is 0 Å². The van der Waals surface area contributed by atoms with Crippen molar-refractivity contribution in [3.63, 3.8) is 0 Å². The van der Waals surface area contributed by atoms with Crippen LogP contribution in [-0.2, 0) is 0 Å². The highest BCUT2D eigenvalue weighted by Crippen LogP contribution is 2.30. The second-order valence-electron chi connectivity index (χ2n) is 6.86. The van der Waals surface area contributed by atoms with E-state index in [9.17, 15) is 0 Å². The lowest BCUT2D eigenvalue weighted by molar-refractivity contribution is 0.161. The Bertz CT molecular complexity index is 459. The molecule has 1 aromatic carbocycles. The highest BCUT2D eigenvalue weighted by molar-refractivity contribution is 5.38. The summed E-state index contributed by atoms with van der Waals surface area (Å²) >= 11 is 0. The number of rotatable bonds is 4. The second-order valence-corrected chi connectivity index (χ2v) is 6.86. The second kappa shape index (κ2) is 7.42. The third-order valence-corrected chi connectivity index (χ3v) is 5.36. The van der Waals surface area contributed by atoms with E-state index < -0.39 is 0 Å². The number of likely N-dealkylation sites (N-methyl/N-ethyl adjacent to an activating group) is 1. The molecular weight excluding hydrogens is 256 g/mol. The van der Waals surface area contributed by atoms with E-state index in [4.69, 9.17) is 5.73 Å². The molecule has 2 rings (SSSR count). The number of nitrogens with two attached hydrogens (primary N) is 1. The Morgan fingerprint density at radius 2 is 1.57 bits per heavy atom. The van der Waals surface area contributed by atoms with Crippen molar-refractivity contribution in [1.29, 1.82) is 0 Å². The number of aryl methyl sites for hydroxylation is 3. The van der Waals surface area contributed by atoms with Gasteiger partial charge >= 0.3 is 0 Å². The monoisotopic (exact) mass is 288 g/mol. The van der Waals surface area contributed by atoms with Gasteiger partial charge in [-0.25, -0.2) is 0 Å². The van der Waals surface area contributed by atoms with Crippen LogP contribution in [0.5, 0.6) is 0 Å². The summed E-state index contributed by atoms with van der Waals surface area (Å²) in [5, 5.41) is 0. The maximum absolute atomic E-state index is 6.17. The molecule has 2 nitrogen and oxygen atoms in total. The normalized spacial score (nSPS) is 18.8. The van der Waals surface area contributed by atoms with Gasteiger partial charge in [0, 0.05) is 18.6 Å². The third-order valence-electron chi connectivity index (χ3n) is 5.36. The molecule has 0 amide bonds. The first kappa shape index (κ1) is 16.5. The fourth-order valence-corrected chi connectivity index (χ4v) is 3.77. The van der Waals surface area contributed by atoms with Crippen LogP contribution in [-0.4, -0.2) is 24.5 Å². The van der Waals surface area contributed by atoms with Crippen LogP contribution in [0.15, 0.2) is 12.1 Å². The Balaban J connectivity index is 2.23. The van der Waals surface area contributed by atoms with E-state index >= 15 is 0 Å². The SMILES string of the molecule is Cc1cc(C)c(C(CN)N(C)C2CCCCCC2)cc1C. The first-order chi connectivity index (χ1) is 10.0. The van der Waals surface area contributed by atoms with Crippen LogP contribution in [0, 0.1) is 20.8 Å². The molecule has 1 fully saturated rings. The van der Waals surface area contributed by atoms with Gasteiger partial charge in [-0.1, -0.05) is 37.8 Å². The molecule has 118 valence electrons. The molecule has 1 aliphatic rings. The Morgan fingerprint density at radius 3 is 2.14 bits per heavy atom. The number of hydrogen-bond acceptors (Lipinski definition) is 2. The van der Waals surface area contributed by atoms with Gasteiger partial charge in [0.2, 0.25) is 0 Å². The molecular formula is C19H32N2. The van der Waals surface area contributed by atoms with Gasteiger partial charge in [-0.3, -0.25) is 4.90 Å².